The monoisotopic (exact) mass is 333 g/mol. The number of nitrogens with zero attached hydrogens (tertiary/aromatic N) is 2. The zero-order valence-corrected chi connectivity index (χ0v) is 14.5. The van der Waals surface area contributed by atoms with E-state index in [0.29, 0.717) is 19.0 Å². The average Bonchev–Trinajstić information content (AvgIpc) is 3.22. The molecule has 1 aliphatic heterocycles. The van der Waals surface area contributed by atoms with Gasteiger partial charge in [-0.1, -0.05) is 0 Å². The summed E-state index contributed by atoms with van der Waals surface area (Å²) in [6.45, 7) is 4.93. The molecule has 0 aliphatic carbocycles. The molecule has 130 valence electrons. The second-order valence-corrected chi connectivity index (χ2v) is 6.07. The van der Waals surface area contributed by atoms with Crippen LogP contribution in [0.2, 0.25) is 0 Å². The summed E-state index contributed by atoms with van der Waals surface area (Å²) in [5, 5.41) is 7.47. The Morgan fingerprint density at radius 3 is 2.92 bits per heavy atom. The first-order valence-corrected chi connectivity index (χ1v) is 8.01. The third kappa shape index (κ3) is 3.09. The Kier molecular flexibility index (Phi) is 4.73. The highest BCUT2D eigenvalue weighted by Crippen LogP contribution is 2.33. The molecule has 1 saturated heterocycles. The summed E-state index contributed by atoms with van der Waals surface area (Å²) in [4.78, 5) is 12.4. The standard InChI is InChI=1S/C17H23N3O4/c1-10-15(11(2)20(3)19-10)16-13(7-8-23-16)18-17(21)14-6-5-12(24-14)9-22-4/h5-6,13,16H,7-9H2,1-4H3,(H,18,21)/t13-,16-/m0/s1. The molecule has 0 spiro atoms. The second kappa shape index (κ2) is 6.78. The van der Waals surface area contributed by atoms with Gasteiger partial charge in [-0.3, -0.25) is 9.48 Å². The van der Waals surface area contributed by atoms with Gasteiger partial charge in [0.25, 0.3) is 5.91 Å². The smallest absolute Gasteiger partial charge is 0.287 e. The maximum absolute atomic E-state index is 12.4. The van der Waals surface area contributed by atoms with Gasteiger partial charge in [-0.2, -0.15) is 5.10 Å². The third-order valence-corrected chi connectivity index (χ3v) is 4.43. The van der Waals surface area contributed by atoms with E-state index in [2.05, 4.69) is 10.4 Å². The molecule has 3 rings (SSSR count). The zero-order valence-electron chi connectivity index (χ0n) is 14.5. The van der Waals surface area contributed by atoms with Crippen molar-refractivity contribution in [3.63, 3.8) is 0 Å². The van der Waals surface area contributed by atoms with Crippen LogP contribution in [0.3, 0.4) is 0 Å². The van der Waals surface area contributed by atoms with Crippen molar-refractivity contribution in [3.05, 3.63) is 40.6 Å². The maximum Gasteiger partial charge on any atom is 0.287 e. The average molecular weight is 333 g/mol. The molecule has 0 radical (unpaired) electrons. The first-order chi connectivity index (χ1) is 11.5. The number of amides is 1. The highest BCUT2D eigenvalue weighted by molar-refractivity contribution is 5.91. The number of carbonyl (C=O) groups is 1. The lowest BCUT2D eigenvalue weighted by molar-refractivity contribution is 0.0792. The lowest BCUT2D eigenvalue weighted by Crippen LogP contribution is -2.37. The van der Waals surface area contributed by atoms with Crippen LogP contribution >= 0.6 is 0 Å². The van der Waals surface area contributed by atoms with Crippen LogP contribution in [0, 0.1) is 13.8 Å². The first kappa shape index (κ1) is 16.7. The molecule has 1 aliphatic rings. The van der Waals surface area contributed by atoms with Crippen molar-refractivity contribution < 1.29 is 18.7 Å². The number of aryl methyl sites for hydroxylation is 2. The van der Waals surface area contributed by atoms with Crippen LogP contribution in [0.1, 0.15) is 45.8 Å². The summed E-state index contributed by atoms with van der Waals surface area (Å²) in [5.41, 5.74) is 3.04. The summed E-state index contributed by atoms with van der Waals surface area (Å²) in [7, 11) is 3.50. The molecule has 1 amide bonds. The fourth-order valence-electron chi connectivity index (χ4n) is 3.18. The van der Waals surface area contributed by atoms with Crippen molar-refractivity contribution in [3.8, 4) is 0 Å². The number of hydrogen-bond donors (Lipinski definition) is 1. The highest BCUT2D eigenvalue weighted by atomic mass is 16.5. The molecular formula is C17H23N3O4. The molecule has 24 heavy (non-hydrogen) atoms. The molecule has 2 atom stereocenters. The van der Waals surface area contributed by atoms with Crippen LogP contribution in [0.15, 0.2) is 16.5 Å². The molecule has 2 aromatic rings. The Morgan fingerprint density at radius 1 is 1.46 bits per heavy atom. The minimum absolute atomic E-state index is 0.102. The summed E-state index contributed by atoms with van der Waals surface area (Å²) >= 11 is 0. The molecule has 3 heterocycles. The van der Waals surface area contributed by atoms with Gasteiger partial charge in [0.15, 0.2) is 5.76 Å². The Morgan fingerprint density at radius 2 is 2.25 bits per heavy atom. The number of carbonyl (C=O) groups excluding carboxylic acids is 1. The van der Waals surface area contributed by atoms with Gasteiger partial charge in [-0.05, 0) is 32.4 Å². The van der Waals surface area contributed by atoms with Crippen LogP contribution in [0.4, 0.5) is 0 Å². The van der Waals surface area contributed by atoms with E-state index < -0.39 is 0 Å². The molecule has 0 aromatic carbocycles. The van der Waals surface area contributed by atoms with E-state index in [9.17, 15) is 4.79 Å². The number of furan rings is 1. The zero-order chi connectivity index (χ0) is 17.3. The van der Waals surface area contributed by atoms with E-state index >= 15 is 0 Å². The van der Waals surface area contributed by atoms with Gasteiger partial charge in [-0.15, -0.1) is 0 Å². The maximum atomic E-state index is 12.4. The van der Waals surface area contributed by atoms with E-state index in [1.165, 1.54) is 0 Å². The number of ether oxygens (including phenoxy) is 2. The Bertz CT molecular complexity index is 734. The summed E-state index contributed by atoms with van der Waals surface area (Å²) in [6, 6.07) is 3.31. The van der Waals surface area contributed by atoms with E-state index in [0.717, 1.165) is 23.4 Å². The van der Waals surface area contributed by atoms with Gasteiger partial charge < -0.3 is 19.2 Å². The molecule has 7 heteroatoms. The van der Waals surface area contributed by atoms with Gasteiger partial charge in [0.05, 0.1) is 11.7 Å². The third-order valence-electron chi connectivity index (χ3n) is 4.43. The van der Waals surface area contributed by atoms with Crippen molar-refractivity contribution >= 4 is 5.91 Å². The summed E-state index contributed by atoms with van der Waals surface area (Å²) in [6.07, 6.45) is 0.576. The Hall–Kier alpha value is -2.12. The number of hydrogen-bond acceptors (Lipinski definition) is 5. The molecule has 1 N–H and O–H groups in total. The van der Waals surface area contributed by atoms with E-state index in [4.69, 9.17) is 13.9 Å². The minimum atomic E-state index is -0.239. The molecule has 2 aromatic heterocycles. The largest absolute Gasteiger partial charge is 0.453 e. The van der Waals surface area contributed by atoms with Crippen LogP contribution < -0.4 is 5.32 Å². The lowest BCUT2D eigenvalue weighted by atomic mass is 10.00. The van der Waals surface area contributed by atoms with Crippen molar-refractivity contribution in [2.45, 2.75) is 39.0 Å². The van der Waals surface area contributed by atoms with Gasteiger partial charge >= 0.3 is 0 Å². The predicted octanol–water partition coefficient (Wildman–Crippen LogP) is 2.04. The Balaban J connectivity index is 1.74. The summed E-state index contributed by atoms with van der Waals surface area (Å²) in [5.74, 6) is 0.671. The quantitative estimate of drug-likeness (QED) is 0.906. The highest BCUT2D eigenvalue weighted by Gasteiger charge is 2.35. The molecule has 0 bridgehead atoms. The van der Waals surface area contributed by atoms with E-state index in [1.54, 1.807) is 19.2 Å². The van der Waals surface area contributed by atoms with Crippen LogP contribution in [0.25, 0.3) is 0 Å². The first-order valence-electron chi connectivity index (χ1n) is 8.01. The van der Waals surface area contributed by atoms with Crippen molar-refractivity contribution in [1.29, 1.82) is 0 Å². The summed E-state index contributed by atoms with van der Waals surface area (Å²) < 4.78 is 18.2. The Labute approximate surface area is 140 Å². The fourth-order valence-corrected chi connectivity index (χ4v) is 3.18. The number of nitrogens with one attached hydrogen (secondary N) is 1. The van der Waals surface area contributed by atoms with Crippen molar-refractivity contribution in [2.24, 2.45) is 7.05 Å². The van der Waals surface area contributed by atoms with Crippen molar-refractivity contribution in [1.82, 2.24) is 15.1 Å². The van der Waals surface area contributed by atoms with Gasteiger partial charge in [-0.25, -0.2) is 0 Å². The van der Waals surface area contributed by atoms with Crippen LogP contribution in [0.5, 0.6) is 0 Å². The SMILES string of the molecule is COCc1ccc(C(=O)N[C@H]2CCO[C@@H]2c2c(C)nn(C)c2C)o1. The molecule has 1 fully saturated rings. The minimum Gasteiger partial charge on any atom is -0.453 e. The number of methoxy groups -OCH3 is 1. The lowest BCUT2D eigenvalue weighted by Gasteiger charge is -2.20. The number of rotatable bonds is 5. The predicted molar refractivity (Wildman–Crippen MR) is 86.7 cm³/mol. The molecule has 0 saturated carbocycles. The number of aromatic nitrogens is 2. The van der Waals surface area contributed by atoms with Crippen LogP contribution in [-0.4, -0.2) is 35.4 Å². The van der Waals surface area contributed by atoms with Crippen LogP contribution in [-0.2, 0) is 23.1 Å². The topological polar surface area (TPSA) is 78.5 Å². The van der Waals surface area contributed by atoms with Gasteiger partial charge in [0, 0.05) is 32.0 Å². The van der Waals surface area contributed by atoms with Crippen molar-refractivity contribution in [2.75, 3.05) is 13.7 Å². The van der Waals surface area contributed by atoms with Gasteiger partial charge in [0.2, 0.25) is 0 Å². The van der Waals surface area contributed by atoms with E-state index in [-0.39, 0.29) is 23.8 Å². The fraction of sp³-hybridized carbons (Fsp3) is 0.529. The second-order valence-electron chi connectivity index (χ2n) is 6.07. The molecule has 0 unspecified atom stereocenters. The normalized spacial score (nSPS) is 20.5. The molecule has 7 nitrogen and oxygen atoms in total. The van der Waals surface area contributed by atoms with Gasteiger partial charge in [0.1, 0.15) is 18.5 Å². The molecular weight excluding hydrogens is 310 g/mol. The van der Waals surface area contributed by atoms with E-state index in [1.807, 2.05) is 25.6 Å².